The van der Waals surface area contributed by atoms with Gasteiger partial charge in [0.15, 0.2) is 0 Å². The average molecular weight is 299 g/mol. The van der Waals surface area contributed by atoms with Crippen LogP contribution in [-0.2, 0) is 4.79 Å². The van der Waals surface area contributed by atoms with Crippen LogP contribution in [0.5, 0.6) is 0 Å². The number of amides is 1. The zero-order chi connectivity index (χ0) is 13.5. The second-order valence-corrected chi connectivity index (χ2v) is 4.83. The fourth-order valence-electron chi connectivity index (χ4n) is 2.34. The average Bonchev–Trinajstić information content (AvgIpc) is 2.46. The summed E-state index contributed by atoms with van der Waals surface area (Å²) in [5.41, 5.74) is 1.16. The van der Waals surface area contributed by atoms with Crippen molar-refractivity contribution in [2.45, 2.75) is 19.4 Å². The molecule has 0 aliphatic carbocycles. The Bertz CT molecular complexity index is 401. The number of nitrogens with zero attached hydrogens (tertiary/aromatic N) is 2. The van der Waals surface area contributed by atoms with Crippen molar-refractivity contribution in [3.05, 3.63) is 30.1 Å². The van der Waals surface area contributed by atoms with Crippen molar-refractivity contribution >= 4 is 18.3 Å². The highest BCUT2D eigenvalue weighted by Crippen LogP contribution is 2.20. The van der Waals surface area contributed by atoms with Gasteiger partial charge in [-0.3, -0.25) is 14.7 Å². The van der Waals surface area contributed by atoms with Crippen molar-refractivity contribution in [1.29, 1.82) is 0 Å². The molecule has 2 rings (SSSR count). The normalized spacial score (nSPS) is 19.1. The number of piperazine rings is 1. The van der Waals surface area contributed by atoms with Gasteiger partial charge in [0.05, 0.1) is 6.54 Å². The molecule has 1 atom stereocenters. The molecule has 20 heavy (non-hydrogen) atoms. The maximum Gasteiger partial charge on any atom is 0.234 e. The molecule has 1 fully saturated rings. The lowest BCUT2D eigenvalue weighted by Gasteiger charge is -2.35. The predicted octanol–water partition coefficient (Wildman–Crippen LogP) is 0.976. The molecular formula is C14H23ClN4O. The summed E-state index contributed by atoms with van der Waals surface area (Å²) in [5, 5.41) is 6.31. The first-order valence-electron chi connectivity index (χ1n) is 6.92. The van der Waals surface area contributed by atoms with E-state index >= 15 is 0 Å². The van der Waals surface area contributed by atoms with Gasteiger partial charge in [0.2, 0.25) is 5.91 Å². The zero-order valence-electron chi connectivity index (χ0n) is 11.8. The largest absolute Gasteiger partial charge is 0.355 e. The number of nitrogens with one attached hydrogen (secondary N) is 2. The fourth-order valence-corrected chi connectivity index (χ4v) is 2.34. The predicted molar refractivity (Wildman–Crippen MR) is 82.0 cm³/mol. The van der Waals surface area contributed by atoms with Crippen molar-refractivity contribution in [2.24, 2.45) is 0 Å². The summed E-state index contributed by atoms with van der Waals surface area (Å²) < 4.78 is 0. The van der Waals surface area contributed by atoms with E-state index in [1.807, 2.05) is 12.3 Å². The van der Waals surface area contributed by atoms with Crippen LogP contribution in [0, 0.1) is 0 Å². The second-order valence-electron chi connectivity index (χ2n) is 4.83. The third-order valence-electron chi connectivity index (χ3n) is 3.34. The number of halogens is 1. The van der Waals surface area contributed by atoms with E-state index in [4.69, 9.17) is 0 Å². The third-order valence-corrected chi connectivity index (χ3v) is 3.34. The van der Waals surface area contributed by atoms with Crippen LogP contribution in [0.1, 0.15) is 24.9 Å². The zero-order valence-corrected chi connectivity index (χ0v) is 12.7. The SMILES string of the molecule is CCCNC(=O)CN1CCNCC1c1cccnc1.Cl. The second kappa shape index (κ2) is 8.89. The first kappa shape index (κ1) is 16.9. The number of hydrogen-bond donors (Lipinski definition) is 2. The van der Waals surface area contributed by atoms with E-state index in [2.05, 4.69) is 33.5 Å². The molecule has 112 valence electrons. The Morgan fingerprint density at radius 2 is 2.45 bits per heavy atom. The summed E-state index contributed by atoms with van der Waals surface area (Å²) in [6.45, 7) is 5.96. The van der Waals surface area contributed by atoms with Crippen molar-refractivity contribution < 1.29 is 4.79 Å². The van der Waals surface area contributed by atoms with Gasteiger partial charge < -0.3 is 10.6 Å². The van der Waals surface area contributed by atoms with Crippen LogP contribution < -0.4 is 10.6 Å². The molecule has 1 aliphatic heterocycles. The van der Waals surface area contributed by atoms with Crippen LogP contribution in [0.3, 0.4) is 0 Å². The highest BCUT2D eigenvalue weighted by Gasteiger charge is 2.25. The molecule has 1 aromatic rings. The molecule has 0 saturated carbocycles. The molecule has 1 saturated heterocycles. The van der Waals surface area contributed by atoms with Gasteiger partial charge in [-0.2, -0.15) is 0 Å². The quantitative estimate of drug-likeness (QED) is 0.851. The van der Waals surface area contributed by atoms with Crippen molar-refractivity contribution in [2.75, 3.05) is 32.7 Å². The maximum atomic E-state index is 11.9. The van der Waals surface area contributed by atoms with E-state index in [0.717, 1.165) is 38.2 Å². The standard InChI is InChI=1S/C14H22N4O.ClH/c1-2-5-17-14(19)11-18-8-7-16-10-13(18)12-4-3-6-15-9-12;/h3-4,6,9,13,16H,2,5,7-8,10-11H2,1H3,(H,17,19);1H. The van der Waals surface area contributed by atoms with Crippen molar-refractivity contribution in [3.8, 4) is 0 Å². The Kier molecular flexibility index (Phi) is 7.51. The van der Waals surface area contributed by atoms with Crippen LogP contribution in [0.2, 0.25) is 0 Å². The van der Waals surface area contributed by atoms with Crippen LogP contribution in [0.25, 0.3) is 0 Å². The third kappa shape index (κ3) is 4.74. The van der Waals surface area contributed by atoms with Crippen molar-refractivity contribution in [1.82, 2.24) is 20.5 Å². The van der Waals surface area contributed by atoms with Gasteiger partial charge in [-0.15, -0.1) is 12.4 Å². The van der Waals surface area contributed by atoms with Crippen LogP contribution >= 0.6 is 12.4 Å². The van der Waals surface area contributed by atoms with Gasteiger partial charge in [0, 0.05) is 44.6 Å². The lowest BCUT2D eigenvalue weighted by Crippen LogP contribution is -2.49. The van der Waals surface area contributed by atoms with Crippen molar-refractivity contribution in [3.63, 3.8) is 0 Å². The summed E-state index contributed by atoms with van der Waals surface area (Å²) in [6, 6.07) is 4.25. The van der Waals surface area contributed by atoms with E-state index < -0.39 is 0 Å². The molecule has 6 heteroatoms. The Hall–Kier alpha value is -1.17. The van der Waals surface area contributed by atoms with Gasteiger partial charge in [0.1, 0.15) is 0 Å². The number of carbonyl (C=O) groups is 1. The highest BCUT2D eigenvalue weighted by atomic mass is 35.5. The molecule has 1 amide bonds. The Labute approximate surface area is 126 Å². The topological polar surface area (TPSA) is 57.3 Å². The van der Waals surface area contributed by atoms with Gasteiger partial charge in [-0.1, -0.05) is 13.0 Å². The van der Waals surface area contributed by atoms with E-state index in [-0.39, 0.29) is 24.4 Å². The minimum Gasteiger partial charge on any atom is -0.355 e. The Balaban J connectivity index is 0.00000200. The first-order chi connectivity index (χ1) is 9.31. The molecular weight excluding hydrogens is 276 g/mol. The number of hydrogen-bond acceptors (Lipinski definition) is 4. The van der Waals surface area contributed by atoms with Gasteiger partial charge in [-0.25, -0.2) is 0 Å². The minimum absolute atomic E-state index is 0. The van der Waals surface area contributed by atoms with E-state index in [1.165, 1.54) is 0 Å². The molecule has 2 heterocycles. The Morgan fingerprint density at radius 1 is 1.60 bits per heavy atom. The molecule has 0 radical (unpaired) electrons. The maximum absolute atomic E-state index is 11.9. The lowest BCUT2D eigenvalue weighted by molar-refractivity contribution is -0.123. The monoisotopic (exact) mass is 298 g/mol. The van der Waals surface area contributed by atoms with E-state index in [9.17, 15) is 4.79 Å². The molecule has 0 spiro atoms. The highest BCUT2D eigenvalue weighted by molar-refractivity contribution is 5.85. The van der Waals surface area contributed by atoms with Crippen LogP contribution in [-0.4, -0.2) is 48.5 Å². The van der Waals surface area contributed by atoms with E-state index in [1.54, 1.807) is 6.20 Å². The van der Waals surface area contributed by atoms with Crippen LogP contribution in [0.4, 0.5) is 0 Å². The fraction of sp³-hybridized carbons (Fsp3) is 0.571. The first-order valence-corrected chi connectivity index (χ1v) is 6.92. The summed E-state index contributed by atoms with van der Waals surface area (Å²) in [4.78, 5) is 18.2. The lowest BCUT2D eigenvalue weighted by atomic mass is 10.1. The van der Waals surface area contributed by atoms with Gasteiger partial charge in [0.25, 0.3) is 0 Å². The summed E-state index contributed by atoms with van der Waals surface area (Å²) in [6.07, 6.45) is 4.63. The summed E-state index contributed by atoms with van der Waals surface area (Å²) >= 11 is 0. The van der Waals surface area contributed by atoms with E-state index in [0.29, 0.717) is 6.54 Å². The molecule has 1 unspecified atom stereocenters. The molecule has 1 aromatic heterocycles. The van der Waals surface area contributed by atoms with Gasteiger partial charge in [-0.05, 0) is 18.1 Å². The molecule has 0 bridgehead atoms. The Morgan fingerprint density at radius 3 is 3.15 bits per heavy atom. The number of aromatic nitrogens is 1. The van der Waals surface area contributed by atoms with Gasteiger partial charge >= 0.3 is 0 Å². The number of carbonyl (C=O) groups excluding carboxylic acids is 1. The molecule has 0 aromatic carbocycles. The summed E-state index contributed by atoms with van der Waals surface area (Å²) in [7, 11) is 0. The number of pyridine rings is 1. The smallest absolute Gasteiger partial charge is 0.234 e. The molecule has 1 aliphatic rings. The minimum atomic E-state index is 0. The van der Waals surface area contributed by atoms with Crippen LogP contribution in [0.15, 0.2) is 24.5 Å². The number of rotatable bonds is 5. The molecule has 5 nitrogen and oxygen atoms in total. The molecule has 2 N–H and O–H groups in total. The summed E-state index contributed by atoms with van der Waals surface area (Å²) in [5.74, 6) is 0.109.